The molecule has 4 rings (SSSR count). The number of Topliss-reactive ketones (excluding diaryl/α,β-unsaturated/α-hetero) is 1. The highest BCUT2D eigenvalue weighted by Crippen LogP contribution is 2.39. The predicted octanol–water partition coefficient (Wildman–Crippen LogP) is 6.00. The predicted molar refractivity (Wildman–Crippen MR) is 152 cm³/mol. The SMILES string of the molecule is CC(=O)Nc1cc(C)cc(C(=O)O)c1N1N=C(C2CCCCC2)c2ccccc2N(CC(=O)C(C)(C)C)C1=O. The van der Waals surface area contributed by atoms with Crippen LogP contribution in [-0.4, -0.2) is 41.1 Å². The Hall–Kier alpha value is -4.01. The zero-order valence-electron chi connectivity index (χ0n) is 23.2. The second-order valence-corrected chi connectivity index (χ2v) is 11.4. The number of nitrogens with one attached hydrogen (secondary N) is 1. The Bertz CT molecular complexity index is 1350. The van der Waals surface area contributed by atoms with Crippen LogP contribution in [0.25, 0.3) is 0 Å². The van der Waals surface area contributed by atoms with Crippen LogP contribution in [0.5, 0.6) is 0 Å². The number of carboxylic acids is 1. The highest BCUT2D eigenvalue weighted by Gasteiger charge is 2.38. The quantitative estimate of drug-likeness (QED) is 0.473. The number of carbonyl (C=O) groups is 4. The van der Waals surface area contributed by atoms with E-state index in [-0.39, 0.29) is 35.2 Å². The number of hydrazone groups is 1. The number of carboxylic acid groups (broad SMARTS) is 1. The van der Waals surface area contributed by atoms with E-state index in [0.29, 0.717) is 17.0 Å². The van der Waals surface area contributed by atoms with Crippen molar-refractivity contribution >= 4 is 46.5 Å². The van der Waals surface area contributed by atoms with Crippen LogP contribution in [0.3, 0.4) is 0 Å². The second-order valence-electron chi connectivity index (χ2n) is 11.4. The minimum absolute atomic E-state index is 0.0392. The van der Waals surface area contributed by atoms with Gasteiger partial charge in [-0.05, 0) is 43.5 Å². The molecule has 1 heterocycles. The van der Waals surface area contributed by atoms with E-state index in [2.05, 4.69) is 5.32 Å². The van der Waals surface area contributed by atoms with Crippen LogP contribution in [0.4, 0.5) is 21.9 Å². The maximum atomic E-state index is 14.4. The largest absolute Gasteiger partial charge is 0.478 e. The molecule has 1 aliphatic heterocycles. The second kappa shape index (κ2) is 11.0. The van der Waals surface area contributed by atoms with Crippen molar-refractivity contribution in [2.24, 2.45) is 16.4 Å². The molecule has 9 heteroatoms. The van der Waals surface area contributed by atoms with E-state index in [9.17, 15) is 24.3 Å². The van der Waals surface area contributed by atoms with Gasteiger partial charge in [0.25, 0.3) is 0 Å². The number of hydrogen-bond acceptors (Lipinski definition) is 5. The molecule has 2 aliphatic rings. The van der Waals surface area contributed by atoms with Crippen LogP contribution < -0.4 is 15.2 Å². The highest BCUT2D eigenvalue weighted by molar-refractivity contribution is 6.19. The maximum absolute atomic E-state index is 14.4. The summed E-state index contributed by atoms with van der Waals surface area (Å²) in [4.78, 5) is 53.6. The normalized spacial score (nSPS) is 16.3. The average Bonchev–Trinajstić information content (AvgIpc) is 2.98. The Morgan fingerprint density at radius 2 is 1.74 bits per heavy atom. The molecule has 1 saturated carbocycles. The van der Waals surface area contributed by atoms with Gasteiger partial charge in [0, 0.05) is 23.8 Å². The fourth-order valence-electron chi connectivity index (χ4n) is 5.16. The van der Waals surface area contributed by atoms with E-state index < -0.39 is 23.3 Å². The molecule has 0 aromatic heterocycles. The molecular formula is C30H36N4O5. The first-order chi connectivity index (χ1) is 18.4. The summed E-state index contributed by atoms with van der Waals surface area (Å²) in [7, 11) is 0. The minimum Gasteiger partial charge on any atom is -0.478 e. The monoisotopic (exact) mass is 532 g/mol. The van der Waals surface area contributed by atoms with Gasteiger partial charge in [0.1, 0.15) is 5.69 Å². The molecule has 0 bridgehead atoms. The van der Waals surface area contributed by atoms with Crippen molar-refractivity contribution in [2.75, 3.05) is 21.8 Å². The number of urea groups is 1. The van der Waals surface area contributed by atoms with Gasteiger partial charge in [0.05, 0.1) is 29.2 Å². The van der Waals surface area contributed by atoms with Crippen LogP contribution >= 0.6 is 0 Å². The summed E-state index contributed by atoms with van der Waals surface area (Å²) in [5, 5.41) is 18.8. The Labute approximate surface area is 228 Å². The number of rotatable bonds is 6. The van der Waals surface area contributed by atoms with Crippen molar-refractivity contribution in [1.29, 1.82) is 0 Å². The van der Waals surface area contributed by atoms with Crippen LogP contribution in [0.15, 0.2) is 41.5 Å². The van der Waals surface area contributed by atoms with Gasteiger partial charge in [-0.2, -0.15) is 10.1 Å². The van der Waals surface area contributed by atoms with Crippen LogP contribution in [0, 0.1) is 18.3 Å². The van der Waals surface area contributed by atoms with E-state index in [0.717, 1.165) is 42.7 Å². The number of anilines is 3. The molecule has 0 radical (unpaired) electrons. The number of aromatic carboxylic acids is 1. The third-order valence-corrected chi connectivity index (χ3v) is 7.23. The van der Waals surface area contributed by atoms with Crippen molar-refractivity contribution in [3.05, 3.63) is 53.1 Å². The lowest BCUT2D eigenvalue weighted by atomic mass is 9.82. The Balaban J connectivity index is 2.01. The van der Waals surface area contributed by atoms with Crippen molar-refractivity contribution in [3.8, 4) is 0 Å². The first kappa shape index (κ1) is 28.0. The van der Waals surface area contributed by atoms with Crippen molar-refractivity contribution in [1.82, 2.24) is 0 Å². The molecule has 9 nitrogen and oxygen atoms in total. The molecule has 3 amide bonds. The number of para-hydroxylation sites is 1. The summed E-state index contributed by atoms with van der Waals surface area (Å²) < 4.78 is 0. The zero-order chi connectivity index (χ0) is 28.5. The number of benzene rings is 2. The number of aryl methyl sites for hydroxylation is 1. The summed E-state index contributed by atoms with van der Waals surface area (Å²) in [5.41, 5.74) is 1.81. The van der Waals surface area contributed by atoms with E-state index in [1.807, 2.05) is 18.2 Å². The summed E-state index contributed by atoms with van der Waals surface area (Å²) in [6.45, 7) is 8.20. The van der Waals surface area contributed by atoms with Gasteiger partial charge < -0.3 is 10.4 Å². The molecule has 0 atom stereocenters. The van der Waals surface area contributed by atoms with E-state index in [1.54, 1.807) is 39.8 Å². The fraction of sp³-hybridized carbons (Fsp3) is 0.433. The van der Waals surface area contributed by atoms with Crippen LogP contribution in [0.2, 0.25) is 0 Å². The molecule has 39 heavy (non-hydrogen) atoms. The van der Waals surface area contributed by atoms with Crippen LogP contribution in [-0.2, 0) is 9.59 Å². The summed E-state index contributed by atoms with van der Waals surface area (Å²) in [6, 6.07) is 9.79. The molecule has 1 fully saturated rings. The zero-order valence-corrected chi connectivity index (χ0v) is 23.2. The van der Waals surface area contributed by atoms with Gasteiger partial charge in [0.2, 0.25) is 5.91 Å². The number of nitrogens with zero attached hydrogens (tertiary/aromatic N) is 3. The molecular weight excluding hydrogens is 496 g/mol. The molecule has 0 unspecified atom stereocenters. The topological polar surface area (TPSA) is 119 Å². The molecule has 2 aromatic carbocycles. The molecule has 2 N–H and O–H groups in total. The Morgan fingerprint density at radius 3 is 2.36 bits per heavy atom. The number of amides is 3. The van der Waals surface area contributed by atoms with E-state index in [4.69, 9.17) is 5.10 Å². The Morgan fingerprint density at radius 1 is 1.08 bits per heavy atom. The highest BCUT2D eigenvalue weighted by atomic mass is 16.4. The van der Waals surface area contributed by atoms with Crippen molar-refractivity contribution in [2.45, 2.75) is 66.7 Å². The van der Waals surface area contributed by atoms with E-state index >= 15 is 0 Å². The number of carbonyl (C=O) groups excluding carboxylic acids is 3. The molecule has 1 aliphatic carbocycles. The lowest BCUT2D eigenvalue weighted by Gasteiger charge is -2.30. The van der Waals surface area contributed by atoms with Gasteiger partial charge in [-0.3, -0.25) is 14.5 Å². The molecule has 0 saturated heterocycles. The fourth-order valence-corrected chi connectivity index (χ4v) is 5.16. The van der Waals surface area contributed by atoms with Crippen molar-refractivity contribution < 1.29 is 24.3 Å². The third kappa shape index (κ3) is 5.87. The number of ketones is 1. The first-order valence-electron chi connectivity index (χ1n) is 13.4. The minimum atomic E-state index is -1.26. The van der Waals surface area contributed by atoms with Gasteiger partial charge in [0.15, 0.2) is 5.78 Å². The van der Waals surface area contributed by atoms with Gasteiger partial charge in [-0.15, -0.1) is 0 Å². The first-order valence-corrected chi connectivity index (χ1v) is 13.4. The van der Waals surface area contributed by atoms with E-state index in [1.165, 1.54) is 17.9 Å². The number of fused-ring (bicyclic) bond motifs is 1. The lowest BCUT2D eigenvalue weighted by molar-refractivity contribution is -0.124. The Kier molecular flexibility index (Phi) is 7.90. The van der Waals surface area contributed by atoms with Crippen LogP contribution in [0.1, 0.15) is 81.3 Å². The molecule has 206 valence electrons. The molecule has 0 spiro atoms. The number of hydrogen-bond donors (Lipinski definition) is 2. The van der Waals surface area contributed by atoms with Gasteiger partial charge in [-0.1, -0.05) is 58.2 Å². The van der Waals surface area contributed by atoms with Gasteiger partial charge >= 0.3 is 12.0 Å². The summed E-state index contributed by atoms with van der Waals surface area (Å²) >= 11 is 0. The average molecular weight is 533 g/mol. The van der Waals surface area contributed by atoms with Crippen molar-refractivity contribution in [3.63, 3.8) is 0 Å². The standard InChI is InChI=1S/C30H36N4O5/c1-18-15-22(28(37)38)27(23(16-18)31-19(2)35)34-29(39)33(17-25(36)30(3,4)5)24-14-10-9-13-21(24)26(32-34)20-11-7-6-8-12-20/h9-10,13-16,20H,6-8,11-12,17H2,1-5H3,(H,31,35)(H,37,38). The third-order valence-electron chi connectivity index (χ3n) is 7.23. The summed E-state index contributed by atoms with van der Waals surface area (Å²) in [5.74, 6) is -1.78. The lowest BCUT2D eigenvalue weighted by Crippen LogP contribution is -2.45. The maximum Gasteiger partial charge on any atom is 0.350 e. The summed E-state index contributed by atoms with van der Waals surface area (Å²) in [6.07, 6.45) is 4.93. The molecule has 2 aromatic rings. The van der Waals surface area contributed by atoms with Gasteiger partial charge in [-0.25, -0.2) is 9.59 Å². The smallest absolute Gasteiger partial charge is 0.350 e.